The van der Waals surface area contributed by atoms with Crippen molar-refractivity contribution in [3.8, 4) is 11.3 Å². The summed E-state index contributed by atoms with van der Waals surface area (Å²) in [6.45, 7) is 5.40. The summed E-state index contributed by atoms with van der Waals surface area (Å²) in [4.78, 5) is 19.9. The molecule has 160 valence electrons. The summed E-state index contributed by atoms with van der Waals surface area (Å²) in [6.07, 6.45) is 0.766. The van der Waals surface area contributed by atoms with Crippen molar-refractivity contribution in [1.82, 2.24) is 9.88 Å². The molecular weight excluding hydrogens is 424 g/mol. The molecule has 3 aromatic rings. The molecule has 2 N–H and O–H groups in total. The second kappa shape index (κ2) is 9.29. The highest BCUT2D eigenvalue weighted by Gasteiger charge is 2.36. The minimum atomic E-state index is -0.367. The average Bonchev–Trinajstić information content (AvgIpc) is 2.69. The number of rotatable bonds is 2. The average molecular weight is 450 g/mol. The number of halogens is 3. The topological polar surface area (TPSA) is 59.2 Å². The maximum Gasteiger partial charge on any atom is 0.254 e. The molecule has 2 aromatic carbocycles. The van der Waals surface area contributed by atoms with E-state index in [1.54, 1.807) is 6.07 Å². The van der Waals surface area contributed by atoms with Crippen molar-refractivity contribution in [3.63, 3.8) is 0 Å². The highest BCUT2D eigenvalue weighted by molar-refractivity contribution is 6.07. The Balaban J connectivity index is 0.00000160. The van der Waals surface area contributed by atoms with Gasteiger partial charge in [0.25, 0.3) is 5.91 Å². The number of nitrogens with zero attached hydrogens (tertiary/aromatic N) is 2. The smallest absolute Gasteiger partial charge is 0.254 e. The molecule has 1 saturated heterocycles. The first-order valence-corrected chi connectivity index (χ1v) is 9.56. The number of benzene rings is 2. The Bertz CT molecular complexity index is 1040. The van der Waals surface area contributed by atoms with Gasteiger partial charge in [0.1, 0.15) is 5.82 Å². The Labute approximate surface area is 188 Å². The van der Waals surface area contributed by atoms with Gasteiger partial charge in [-0.2, -0.15) is 0 Å². The predicted molar refractivity (Wildman–Crippen MR) is 124 cm³/mol. The van der Waals surface area contributed by atoms with E-state index in [1.807, 2.05) is 41.3 Å². The first-order chi connectivity index (χ1) is 13.3. The number of piperidine rings is 1. The number of amides is 1. The summed E-state index contributed by atoms with van der Waals surface area (Å²) < 4.78 is 13.9. The van der Waals surface area contributed by atoms with Crippen LogP contribution in [0.3, 0.4) is 0 Å². The largest absolute Gasteiger partial charge is 0.338 e. The van der Waals surface area contributed by atoms with Crippen LogP contribution in [0.25, 0.3) is 22.2 Å². The number of likely N-dealkylation sites (tertiary alicyclic amines) is 1. The summed E-state index contributed by atoms with van der Waals surface area (Å²) in [5.41, 5.74) is 8.67. The lowest BCUT2D eigenvalue weighted by Crippen LogP contribution is -2.54. The minimum Gasteiger partial charge on any atom is -0.338 e. The Morgan fingerprint density at radius 1 is 1.13 bits per heavy atom. The number of nitrogens with two attached hydrogens (primary N) is 1. The van der Waals surface area contributed by atoms with Crippen LogP contribution in [0.4, 0.5) is 4.39 Å². The predicted octanol–water partition coefficient (Wildman–Crippen LogP) is 5.08. The van der Waals surface area contributed by atoms with Gasteiger partial charge in [-0.3, -0.25) is 4.79 Å². The van der Waals surface area contributed by atoms with Gasteiger partial charge in [-0.05, 0) is 30.0 Å². The fourth-order valence-corrected chi connectivity index (χ4v) is 3.85. The van der Waals surface area contributed by atoms with E-state index in [0.717, 1.165) is 12.0 Å². The van der Waals surface area contributed by atoms with E-state index in [1.165, 1.54) is 12.1 Å². The highest BCUT2D eigenvalue weighted by Crippen LogP contribution is 2.31. The van der Waals surface area contributed by atoms with E-state index in [-0.39, 0.29) is 48.0 Å². The van der Waals surface area contributed by atoms with Crippen molar-refractivity contribution >= 4 is 41.6 Å². The zero-order valence-corrected chi connectivity index (χ0v) is 18.6. The number of hydrogen-bond acceptors (Lipinski definition) is 3. The molecule has 0 radical (unpaired) electrons. The molecule has 30 heavy (non-hydrogen) atoms. The van der Waals surface area contributed by atoms with Crippen LogP contribution in [-0.2, 0) is 0 Å². The molecule has 0 saturated carbocycles. The monoisotopic (exact) mass is 449 g/mol. The van der Waals surface area contributed by atoms with Crippen LogP contribution in [0.15, 0.2) is 54.6 Å². The van der Waals surface area contributed by atoms with E-state index in [4.69, 9.17) is 5.73 Å². The third kappa shape index (κ3) is 4.59. The van der Waals surface area contributed by atoms with Crippen LogP contribution in [0, 0.1) is 11.2 Å². The summed E-state index contributed by atoms with van der Waals surface area (Å²) in [6, 6.07) is 15.9. The van der Waals surface area contributed by atoms with Crippen molar-refractivity contribution in [2.24, 2.45) is 11.1 Å². The van der Waals surface area contributed by atoms with E-state index in [2.05, 4.69) is 18.8 Å². The molecule has 2 heterocycles. The van der Waals surface area contributed by atoms with E-state index in [0.29, 0.717) is 35.2 Å². The fourth-order valence-electron chi connectivity index (χ4n) is 3.85. The summed E-state index contributed by atoms with van der Waals surface area (Å²) in [5.74, 6) is -0.426. The summed E-state index contributed by atoms with van der Waals surface area (Å²) in [5, 5.41) is 0.666. The van der Waals surface area contributed by atoms with Crippen molar-refractivity contribution in [1.29, 1.82) is 0 Å². The van der Waals surface area contributed by atoms with Gasteiger partial charge in [-0.1, -0.05) is 44.2 Å². The van der Waals surface area contributed by atoms with Crippen LogP contribution in [-0.4, -0.2) is 34.9 Å². The van der Waals surface area contributed by atoms with Crippen LogP contribution >= 0.6 is 24.8 Å². The van der Waals surface area contributed by atoms with Crippen molar-refractivity contribution in [2.45, 2.75) is 26.3 Å². The second-order valence-corrected chi connectivity index (χ2v) is 8.19. The van der Waals surface area contributed by atoms with Gasteiger partial charge in [0.15, 0.2) is 0 Å². The molecule has 1 atom stereocenters. The Kier molecular flexibility index (Phi) is 7.45. The second-order valence-electron chi connectivity index (χ2n) is 8.19. The van der Waals surface area contributed by atoms with Gasteiger partial charge >= 0.3 is 0 Å². The van der Waals surface area contributed by atoms with Gasteiger partial charge in [0.05, 0.1) is 16.8 Å². The number of fused-ring (bicyclic) bond motifs is 1. The molecule has 1 fully saturated rings. The lowest BCUT2D eigenvalue weighted by molar-refractivity contribution is 0.0535. The maximum atomic E-state index is 13.9. The molecule has 1 aliphatic rings. The molecule has 1 aromatic heterocycles. The summed E-state index contributed by atoms with van der Waals surface area (Å²) >= 11 is 0. The molecule has 4 nitrogen and oxygen atoms in total. The van der Waals surface area contributed by atoms with Crippen LogP contribution in [0.1, 0.15) is 30.6 Å². The van der Waals surface area contributed by atoms with Gasteiger partial charge in [-0.25, -0.2) is 9.37 Å². The molecule has 0 bridgehead atoms. The normalized spacial score (nSPS) is 17.7. The first-order valence-electron chi connectivity index (χ1n) is 9.56. The molecule has 0 aliphatic carbocycles. The molecule has 1 unspecified atom stereocenters. The summed E-state index contributed by atoms with van der Waals surface area (Å²) in [7, 11) is 0. The number of aromatic nitrogens is 1. The van der Waals surface area contributed by atoms with Gasteiger partial charge in [0.2, 0.25) is 0 Å². The highest BCUT2D eigenvalue weighted by atomic mass is 35.5. The lowest BCUT2D eigenvalue weighted by Gasteiger charge is -2.42. The Hall–Kier alpha value is -2.21. The molecule has 1 aliphatic heterocycles. The Morgan fingerprint density at radius 2 is 1.83 bits per heavy atom. The Morgan fingerprint density at radius 3 is 2.50 bits per heavy atom. The number of hydrogen-bond donors (Lipinski definition) is 1. The maximum absolute atomic E-state index is 13.9. The van der Waals surface area contributed by atoms with E-state index >= 15 is 0 Å². The SMILES string of the molecule is CC1(C)CN(C(=O)c2cc(-c3ccccc3)nc3cc(F)ccc23)CCC1N.Cl.Cl. The van der Waals surface area contributed by atoms with Gasteiger partial charge in [-0.15, -0.1) is 24.8 Å². The number of carbonyl (C=O) groups is 1. The quantitative estimate of drug-likeness (QED) is 0.592. The van der Waals surface area contributed by atoms with Crippen molar-refractivity contribution in [2.75, 3.05) is 13.1 Å². The van der Waals surface area contributed by atoms with E-state index in [9.17, 15) is 9.18 Å². The zero-order chi connectivity index (χ0) is 19.9. The molecule has 1 amide bonds. The van der Waals surface area contributed by atoms with Crippen molar-refractivity contribution in [3.05, 3.63) is 66.0 Å². The number of carbonyl (C=O) groups excluding carboxylic acids is 1. The van der Waals surface area contributed by atoms with Crippen LogP contribution in [0.2, 0.25) is 0 Å². The molecule has 4 rings (SSSR count). The third-order valence-electron chi connectivity index (χ3n) is 5.67. The minimum absolute atomic E-state index is 0. The lowest BCUT2D eigenvalue weighted by atomic mass is 9.79. The first kappa shape index (κ1) is 24.1. The molecular formula is C23H26Cl2FN3O. The standard InChI is InChI=1S/C23H24FN3O.2ClH/c1-23(2)14-27(11-10-21(23)25)22(28)18-13-19(15-6-4-3-5-7-15)26-20-12-16(24)8-9-17(18)20;;/h3-9,12-13,21H,10-11,14,25H2,1-2H3;2*1H. The van der Waals surface area contributed by atoms with Crippen LogP contribution in [0.5, 0.6) is 0 Å². The molecule has 0 spiro atoms. The van der Waals surface area contributed by atoms with E-state index < -0.39 is 0 Å². The van der Waals surface area contributed by atoms with Crippen molar-refractivity contribution < 1.29 is 9.18 Å². The molecule has 7 heteroatoms. The fraction of sp³-hybridized carbons (Fsp3) is 0.304. The van der Waals surface area contributed by atoms with Crippen LogP contribution < -0.4 is 5.73 Å². The zero-order valence-electron chi connectivity index (χ0n) is 17.0. The third-order valence-corrected chi connectivity index (χ3v) is 5.67. The number of pyridine rings is 1. The van der Waals surface area contributed by atoms with Gasteiger partial charge < -0.3 is 10.6 Å². The van der Waals surface area contributed by atoms with Gasteiger partial charge in [0, 0.05) is 36.1 Å².